The summed E-state index contributed by atoms with van der Waals surface area (Å²) in [5.41, 5.74) is 1.36. The second-order valence-electron chi connectivity index (χ2n) is 6.18. The molecule has 0 aliphatic heterocycles. The summed E-state index contributed by atoms with van der Waals surface area (Å²) in [5, 5.41) is 4.49. The average Bonchev–Trinajstić information content (AvgIpc) is 2.66. The Morgan fingerprint density at radius 2 is 1.50 bits per heavy atom. The highest BCUT2D eigenvalue weighted by atomic mass is 31.2. The Balaban J connectivity index is 1.89. The second kappa shape index (κ2) is 10.0. The fraction of sp³-hybridized carbons (Fsp3) is 0.263. The summed E-state index contributed by atoms with van der Waals surface area (Å²) in [6.45, 7) is 1.38. The minimum Gasteiger partial charge on any atom is -0.809 e. The molecule has 0 unspecified atom stereocenters. The molecule has 0 heterocycles. The number of nitrogens with one attached hydrogen (secondary N) is 2. The van der Waals surface area contributed by atoms with Crippen molar-refractivity contribution in [2.45, 2.75) is 31.8 Å². The Labute approximate surface area is 163 Å². The van der Waals surface area contributed by atoms with Crippen LogP contribution in [0.5, 0.6) is 0 Å². The molecule has 0 aliphatic rings. The number of benzene rings is 2. The molecule has 28 heavy (non-hydrogen) atoms. The quantitative estimate of drug-likeness (QED) is 0.629. The normalized spacial score (nSPS) is 13.2. The zero-order chi connectivity index (χ0) is 20.6. The predicted molar refractivity (Wildman–Crippen MR) is 98.9 cm³/mol. The largest absolute Gasteiger partial charge is 0.809 e. The number of carbonyl (C=O) groups is 2. The van der Waals surface area contributed by atoms with Gasteiger partial charge in [-0.1, -0.05) is 60.7 Å². The summed E-state index contributed by atoms with van der Waals surface area (Å²) in [7, 11) is -5.10. The van der Waals surface area contributed by atoms with E-state index >= 15 is 0 Å². The lowest BCUT2D eigenvalue weighted by molar-refractivity contribution is -0.317. The first-order valence-corrected chi connectivity index (χ1v) is 10.2. The lowest BCUT2D eigenvalue weighted by Crippen LogP contribution is -2.50. The number of alkyl carbamates (subject to hydrolysis) is 1. The smallest absolute Gasteiger partial charge is 0.408 e. The lowest BCUT2D eigenvalue weighted by atomic mass is 10.1. The molecule has 2 N–H and O–H groups in total. The monoisotopic (exact) mass is 404 g/mol. The van der Waals surface area contributed by atoms with Crippen molar-refractivity contribution < 1.29 is 28.7 Å². The number of carbonyl (C=O) groups excluding carboxylic acids is 2. The first-order chi connectivity index (χ1) is 13.3. The van der Waals surface area contributed by atoms with E-state index in [1.165, 1.54) is 6.92 Å². The zero-order valence-electron chi connectivity index (χ0n) is 15.2. The van der Waals surface area contributed by atoms with E-state index < -0.39 is 31.4 Å². The number of ether oxygens (including phenoxy) is 1. The van der Waals surface area contributed by atoms with Gasteiger partial charge in [0.25, 0.3) is 0 Å². The van der Waals surface area contributed by atoms with Crippen LogP contribution in [0.3, 0.4) is 0 Å². The Kier molecular flexibility index (Phi) is 7.75. The SMILES string of the molecule is C[C@@H](NC(=O)OCc1ccccc1)C(=O)N[C@H](Cc1ccccc1)P(=O)([O-])[O-]. The molecule has 0 saturated heterocycles. The number of hydrogen-bond donors (Lipinski definition) is 2. The van der Waals surface area contributed by atoms with Crippen molar-refractivity contribution >= 4 is 19.6 Å². The standard InChI is InChI=1S/C19H23N2O6P/c1-14(20-19(23)27-13-16-10-6-3-7-11-16)18(22)21-17(28(24,25)26)12-15-8-4-2-5-9-15/h2-11,14,17H,12-13H2,1H3,(H,20,23)(H,21,22)(H2,24,25,26)/p-2/t14-,17+/m1/s1. The molecule has 0 aromatic heterocycles. The summed E-state index contributed by atoms with van der Waals surface area (Å²) in [6, 6.07) is 16.3. The summed E-state index contributed by atoms with van der Waals surface area (Å²) >= 11 is 0. The van der Waals surface area contributed by atoms with Gasteiger partial charge in [-0.15, -0.1) is 0 Å². The van der Waals surface area contributed by atoms with Gasteiger partial charge in [0.05, 0.1) is 5.78 Å². The molecule has 0 spiro atoms. The van der Waals surface area contributed by atoms with E-state index in [1.807, 2.05) is 6.07 Å². The van der Waals surface area contributed by atoms with Crippen LogP contribution in [0, 0.1) is 0 Å². The molecule has 2 aromatic rings. The van der Waals surface area contributed by atoms with E-state index in [0.29, 0.717) is 5.56 Å². The van der Waals surface area contributed by atoms with Gasteiger partial charge in [-0.3, -0.25) is 4.79 Å². The minimum atomic E-state index is -5.10. The fourth-order valence-electron chi connectivity index (χ4n) is 2.38. The summed E-state index contributed by atoms with van der Waals surface area (Å²) in [5.74, 6) is -2.42. The third-order valence-electron chi connectivity index (χ3n) is 3.90. The fourth-order valence-corrected chi connectivity index (χ4v) is 3.10. The van der Waals surface area contributed by atoms with Crippen LogP contribution in [0.1, 0.15) is 18.1 Å². The molecule has 2 aromatic carbocycles. The first kappa shape index (κ1) is 21.6. The van der Waals surface area contributed by atoms with E-state index in [2.05, 4.69) is 10.6 Å². The second-order valence-corrected chi connectivity index (χ2v) is 7.88. The molecule has 0 bridgehead atoms. The number of hydrogen-bond acceptors (Lipinski definition) is 6. The van der Waals surface area contributed by atoms with Crippen LogP contribution < -0.4 is 20.4 Å². The highest BCUT2D eigenvalue weighted by Crippen LogP contribution is 2.31. The molecule has 9 heteroatoms. The van der Waals surface area contributed by atoms with E-state index in [0.717, 1.165) is 5.56 Å². The van der Waals surface area contributed by atoms with Crippen molar-refractivity contribution in [2.75, 3.05) is 0 Å². The molecule has 2 atom stereocenters. The number of amides is 2. The third kappa shape index (κ3) is 7.15. The molecule has 150 valence electrons. The lowest BCUT2D eigenvalue weighted by Gasteiger charge is -2.39. The van der Waals surface area contributed by atoms with Crippen molar-refractivity contribution in [1.29, 1.82) is 0 Å². The molecule has 0 fully saturated rings. The molecule has 2 rings (SSSR count). The van der Waals surface area contributed by atoms with Crippen LogP contribution in [0.15, 0.2) is 60.7 Å². The molecular formula is C19H21N2O6P-2. The molecule has 0 radical (unpaired) electrons. The molecule has 8 nitrogen and oxygen atoms in total. The minimum absolute atomic E-state index is 0.0218. The Morgan fingerprint density at radius 3 is 2.04 bits per heavy atom. The van der Waals surface area contributed by atoms with Gasteiger partial charge in [-0.05, 0) is 32.1 Å². The van der Waals surface area contributed by atoms with Crippen molar-refractivity contribution in [3.63, 3.8) is 0 Å². The van der Waals surface area contributed by atoms with E-state index in [1.54, 1.807) is 54.6 Å². The highest BCUT2D eigenvalue weighted by Gasteiger charge is 2.22. The summed E-state index contributed by atoms with van der Waals surface area (Å²) < 4.78 is 16.5. The van der Waals surface area contributed by atoms with Gasteiger partial charge >= 0.3 is 6.09 Å². The van der Waals surface area contributed by atoms with Gasteiger partial charge in [0.1, 0.15) is 12.6 Å². The van der Waals surface area contributed by atoms with Crippen molar-refractivity contribution in [1.82, 2.24) is 10.6 Å². The van der Waals surface area contributed by atoms with Gasteiger partial charge in [0, 0.05) is 0 Å². The molecular weight excluding hydrogens is 383 g/mol. The maximum Gasteiger partial charge on any atom is 0.408 e. The van der Waals surface area contributed by atoms with Gasteiger partial charge < -0.3 is 29.7 Å². The maximum atomic E-state index is 12.2. The predicted octanol–water partition coefficient (Wildman–Crippen LogP) is 0.900. The Hall–Kier alpha value is -2.67. The van der Waals surface area contributed by atoms with Crippen LogP contribution >= 0.6 is 7.60 Å². The molecule has 0 aliphatic carbocycles. The van der Waals surface area contributed by atoms with Crippen LogP contribution in [0.4, 0.5) is 4.79 Å². The molecule has 2 amide bonds. The van der Waals surface area contributed by atoms with E-state index in [-0.39, 0.29) is 13.0 Å². The van der Waals surface area contributed by atoms with Gasteiger partial charge in [0.2, 0.25) is 5.91 Å². The topological polar surface area (TPSA) is 131 Å². The van der Waals surface area contributed by atoms with Crippen LogP contribution in [0.25, 0.3) is 0 Å². The third-order valence-corrected chi connectivity index (χ3v) is 4.98. The van der Waals surface area contributed by atoms with E-state index in [4.69, 9.17) is 4.74 Å². The van der Waals surface area contributed by atoms with Gasteiger partial charge in [-0.25, -0.2) is 4.79 Å². The van der Waals surface area contributed by atoms with Crippen LogP contribution in [-0.2, 0) is 27.1 Å². The average molecular weight is 404 g/mol. The van der Waals surface area contributed by atoms with Gasteiger partial charge in [0.15, 0.2) is 0 Å². The highest BCUT2D eigenvalue weighted by molar-refractivity contribution is 7.49. The first-order valence-electron chi connectivity index (χ1n) is 8.59. The van der Waals surface area contributed by atoms with Crippen LogP contribution in [0.2, 0.25) is 0 Å². The summed E-state index contributed by atoms with van der Waals surface area (Å²) in [4.78, 5) is 47.1. The maximum absolute atomic E-state index is 12.2. The molecule has 0 saturated carbocycles. The van der Waals surface area contributed by atoms with Crippen molar-refractivity contribution in [3.05, 3.63) is 71.8 Å². The number of rotatable bonds is 8. The Bertz CT molecular complexity index is 825. The van der Waals surface area contributed by atoms with Crippen LogP contribution in [-0.4, -0.2) is 23.8 Å². The zero-order valence-corrected chi connectivity index (χ0v) is 16.1. The van der Waals surface area contributed by atoms with Crippen molar-refractivity contribution in [3.8, 4) is 0 Å². The van der Waals surface area contributed by atoms with E-state index in [9.17, 15) is 23.9 Å². The van der Waals surface area contributed by atoms with Crippen molar-refractivity contribution in [2.24, 2.45) is 0 Å². The summed E-state index contributed by atoms with van der Waals surface area (Å²) in [6.07, 6.45) is -0.999. The van der Waals surface area contributed by atoms with Gasteiger partial charge in [-0.2, -0.15) is 0 Å². The Morgan fingerprint density at radius 1 is 0.964 bits per heavy atom.